The molecule has 0 radical (unpaired) electrons. The number of hydrogen-bond donors (Lipinski definition) is 1. The zero-order valence-corrected chi connectivity index (χ0v) is 20.1. The van der Waals surface area contributed by atoms with Gasteiger partial charge in [0.1, 0.15) is 24.0 Å². The van der Waals surface area contributed by atoms with Gasteiger partial charge in [-0.05, 0) is 79.9 Å². The van der Waals surface area contributed by atoms with E-state index in [9.17, 15) is 5.11 Å². The van der Waals surface area contributed by atoms with Gasteiger partial charge in [-0.15, -0.1) is 10.2 Å². The summed E-state index contributed by atoms with van der Waals surface area (Å²) in [7, 11) is 0. The molecule has 3 heterocycles. The van der Waals surface area contributed by atoms with Crippen LogP contribution in [0, 0.1) is 6.92 Å². The average molecular weight is 474 g/mol. The topological polar surface area (TPSA) is 84.8 Å². The molecule has 1 N–H and O–H groups in total. The van der Waals surface area contributed by atoms with Crippen molar-refractivity contribution in [3.63, 3.8) is 0 Å². The lowest BCUT2D eigenvalue weighted by Crippen LogP contribution is -2.40. The smallest absolute Gasteiger partial charge is 0.283 e. The van der Waals surface area contributed by atoms with Crippen molar-refractivity contribution in [3.05, 3.63) is 65.0 Å². The molecule has 2 aliphatic rings. The van der Waals surface area contributed by atoms with Gasteiger partial charge in [0.15, 0.2) is 5.76 Å². The number of β-amino-alcohol motifs (C(OH)–C–C–N with tert-alkyl or cyclic N) is 1. The fraction of sp³-hybridized carbons (Fsp3) is 0.429. The fourth-order valence-corrected chi connectivity index (χ4v) is 5.49. The molecule has 7 heteroatoms. The van der Waals surface area contributed by atoms with E-state index < -0.39 is 6.10 Å². The van der Waals surface area contributed by atoms with Crippen molar-refractivity contribution in [3.8, 4) is 17.4 Å². The van der Waals surface area contributed by atoms with Crippen molar-refractivity contribution in [2.75, 3.05) is 26.2 Å². The molecular formula is C28H31N3O4. The molecule has 182 valence electrons. The third kappa shape index (κ3) is 4.70. The molecule has 1 atom stereocenters. The first kappa shape index (κ1) is 22.3. The number of benzene rings is 2. The van der Waals surface area contributed by atoms with Crippen LogP contribution in [0.1, 0.15) is 47.8 Å². The number of aliphatic hydroxyl groups is 1. The van der Waals surface area contributed by atoms with Crippen LogP contribution >= 0.6 is 0 Å². The second kappa shape index (κ2) is 9.47. The molecule has 4 aromatic rings. The van der Waals surface area contributed by atoms with E-state index in [1.807, 2.05) is 24.3 Å². The molecule has 0 spiro atoms. The Morgan fingerprint density at radius 2 is 1.91 bits per heavy atom. The van der Waals surface area contributed by atoms with Crippen LogP contribution in [-0.2, 0) is 12.8 Å². The van der Waals surface area contributed by atoms with Gasteiger partial charge >= 0.3 is 0 Å². The number of aromatic nitrogens is 2. The van der Waals surface area contributed by atoms with Crippen LogP contribution in [0.2, 0.25) is 0 Å². The highest BCUT2D eigenvalue weighted by atomic mass is 16.5. The minimum Gasteiger partial charge on any atom is -0.490 e. The molecule has 0 saturated carbocycles. The molecule has 1 aliphatic carbocycles. The van der Waals surface area contributed by atoms with Gasteiger partial charge in [0.05, 0.1) is 5.39 Å². The Kier molecular flexibility index (Phi) is 6.04. The predicted molar refractivity (Wildman–Crippen MR) is 133 cm³/mol. The summed E-state index contributed by atoms with van der Waals surface area (Å²) >= 11 is 0. The first-order valence-electron chi connectivity index (χ1n) is 12.6. The van der Waals surface area contributed by atoms with Crippen molar-refractivity contribution in [1.29, 1.82) is 0 Å². The summed E-state index contributed by atoms with van der Waals surface area (Å²) in [6.45, 7) is 4.59. The maximum atomic E-state index is 10.7. The highest BCUT2D eigenvalue weighted by Gasteiger charge is 2.24. The number of hydrogen-bond acceptors (Lipinski definition) is 7. The Labute approximate surface area is 204 Å². The van der Waals surface area contributed by atoms with Gasteiger partial charge < -0.3 is 23.6 Å². The summed E-state index contributed by atoms with van der Waals surface area (Å²) in [4.78, 5) is 2.35. The number of fused-ring (bicyclic) bond motifs is 2. The van der Waals surface area contributed by atoms with E-state index in [-0.39, 0.29) is 6.61 Å². The van der Waals surface area contributed by atoms with E-state index >= 15 is 0 Å². The van der Waals surface area contributed by atoms with Crippen LogP contribution in [0.5, 0.6) is 5.75 Å². The number of aryl methyl sites for hydroxylation is 3. The Morgan fingerprint density at radius 3 is 2.74 bits per heavy atom. The van der Waals surface area contributed by atoms with Gasteiger partial charge in [-0.1, -0.05) is 24.3 Å². The summed E-state index contributed by atoms with van der Waals surface area (Å²) in [5.41, 5.74) is 5.28. The number of nitrogens with zero attached hydrogens (tertiary/aromatic N) is 3. The molecule has 6 rings (SSSR count). The van der Waals surface area contributed by atoms with Gasteiger partial charge in [0.2, 0.25) is 5.89 Å². The van der Waals surface area contributed by atoms with Gasteiger partial charge in [-0.2, -0.15) is 0 Å². The van der Waals surface area contributed by atoms with Crippen LogP contribution in [0.3, 0.4) is 0 Å². The van der Waals surface area contributed by atoms with Gasteiger partial charge in [0, 0.05) is 19.5 Å². The number of likely N-dealkylation sites (tertiary alicyclic amines) is 1. The van der Waals surface area contributed by atoms with E-state index in [2.05, 4.69) is 33.3 Å². The lowest BCUT2D eigenvalue weighted by Gasteiger charge is -2.33. The molecule has 7 nitrogen and oxygen atoms in total. The second-order valence-electron chi connectivity index (χ2n) is 9.83. The molecule has 1 saturated heterocycles. The summed E-state index contributed by atoms with van der Waals surface area (Å²) in [6, 6.07) is 14.6. The van der Waals surface area contributed by atoms with Crippen LogP contribution < -0.4 is 4.74 Å². The Hall–Kier alpha value is -3.16. The number of piperidine rings is 1. The van der Waals surface area contributed by atoms with E-state index in [0.29, 0.717) is 41.3 Å². The predicted octanol–water partition coefficient (Wildman–Crippen LogP) is 4.90. The zero-order chi connectivity index (χ0) is 23.8. The van der Waals surface area contributed by atoms with Gasteiger partial charge in [-0.3, -0.25) is 0 Å². The lowest BCUT2D eigenvalue weighted by atomic mass is 9.88. The third-order valence-electron chi connectivity index (χ3n) is 7.34. The van der Waals surface area contributed by atoms with Crippen molar-refractivity contribution >= 4 is 11.0 Å². The molecule has 2 aromatic carbocycles. The number of ether oxygens (including phenoxy) is 1. The molecule has 0 bridgehead atoms. The SMILES string of the molecule is Cc1nnc(-c2cc3c(OC[C@@H](O)CN4CCC(c5ccc6c(c5)CCC6)CC4)cccc3o2)o1. The van der Waals surface area contributed by atoms with Crippen LogP contribution in [0.4, 0.5) is 0 Å². The Bertz CT molecular complexity index is 1320. The highest BCUT2D eigenvalue weighted by Crippen LogP contribution is 2.34. The van der Waals surface area contributed by atoms with Crippen molar-refractivity contribution in [1.82, 2.24) is 15.1 Å². The fourth-order valence-electron chi connectivity index (χ4n) is 5.49. The van der Waals surface area contributed by atoms with E-state index in [0.717, 1.165) is 31.3 Å². The summed E-state index contributed by atoms with van der Waals surface area (Å²) in [5, 5.41) is 19.4. The number of furan rings is 1. The van der Waals surface area contributed by atoms with E-state index in [4.69, 9.17) is 13.6 Å². The van der Waals surface area contributed by atoms with Crippen molar-refractivity contribution in [2.24, 2.45) is 0 Å². The summed E-state index contributed by atoms with van der Waals surface area (Å²) < 4.78 is 17.3. The molecule has 0 unspecified atom stereocenters. The van der Waals surface area contributed by atoms with Crippen LogP contribution in [0.15, 0.2) is 51.3 Å². The number of rotatable bonds is 7. The van der Waals surface area contributed by atoms with Crippen LogP contribution in [0.25, 0.3) is 22.6 Å². The first-order chi connectivity index (χ1) is 17.1. The third-order valence-corrected chi connectivity index (χ3v) is 7.34. The molecule has 2 aromatic heterocycles. The maximum absolute atomic E-state index is 10.7. The quantitative estimate of drug-likeness (QED) is 0.409. The van der Waals surface area contributed by atoms with Crippen LogP contribution in [-0.4, -0.2) is 52.5 Å². The first-order valence-corrected chi connectivity index (χ1v) is 12.6. The Balaban J connectivity index is 1.03. The molecule has 1 aliphatic heterocycles. The van der Waals surface area contributed by atoms with E-state index in [1.54, 1.807) is 18.1 Å². The highest BCUT2D eigenvalue weighted by molar-refractivity contribution is 5.87. The van der Waals surface area contributed by atoms with Crippen molar-refractivity contribution < 1.29 is 18.7 Å². The normalized spacial score (nSPS) is 17.7. The minimum absolute atomic E-state index is 0.226. The monoisotopic (exact) mass is 473 g/mol. The standard InChI is InChI=1S/C28H31N3O4/c1-18-29-30-28(34-18)27-15-24-25(6-3-7-26(24)35-27)33-17-23(32)16-31-12-10-20(11-13-31)22-9-8-19-4-2-5-21(19)14-22/h3,6-9,14-15,20,23,32H,2,4-5,10-13,16-17H2,1H3/t23-/m0/s1. The molecule has 0 amide bonds. The average Bonchev–Trinajstić information content (AvgIpc) is 3.62. The minimum atomic E-state index is -0.563. The second-order valence-corrected chi connectivity index (χ2v) is 9.83. The summed E-state index contributed by atoms with van der Waals surface area (Å²) in [5.74, 6) is 2.62. The maximum Gasteiger partial charge on any atom is 0.283 e. The summed E-state index contributed by atoms with van der Waals surface area (Å²) in [6.07, 6.45) is 5.48. The van der Waals surface area contributed by atoms with Gasteiger partial charge in [-0.25, -0.2) is 0 Å². The van der Waals surface area contributed by atoms with Crippen molar-refractivity contribution in [2.45, 2.75) is 51.0 Å². The number of aliphatic hydroxyl groups excluding tert-OH is 1. The Morgan fingerprint density at radius 1 is 1.06 bits per heavy atom. The molecular weight excluding hydrogens is 442 g/mol. The largest absolute Gasteiger partial charge is 0.490 e. The van der Waals surface area contributed by atoms with Gasteiger partial charge in [0.25, 0.3) is 5.89 Å². The molecule has 35 heavy (non-hydrogen) atoms. The lowest BCUT2D eigenvalue weighted by molar-refractivity contribution is 0.0599. The van der Waals surface area contributed by atoms with E-state index in [1.165, 1.54) is 24.8 Å². The zero-order valence-electron chi connectivity index (χ0n) is 20.1. The molecule has 1 fully saturated rings.